The largest absolute Gasteiger partial charge is 0.441 e. The number of amides is 1. The van der Waals surface area contributed by atoms with Crippen molar-refractivity contribution in [3.05, 3.63) is 77.2 Å². The van der Waals surface area contributed by atoms with Gasteiger partial charge < -0.3 is 9.73 Å². The number of carbonyl (C=O) groups is 1. The van der Waals surface area contributed by atoms with Gasteiger partial charge in [0.2, 0.25) is 5.91 Å². The number of fused-ring (bicyclic) bond motifs is 1. The summed E-state index contributed by atoms with van der Waals surface area (Å²) in [6.07, 6.45) is 3.19. The first-order valence-corrected chi connectivity index (χ1v) is 9.09. The second-order valence-corrected chi connectivity index (χ2v) is 6.71. The van der Waals surface area contributed by atoms with Gasteiger partial charge in [-0.1, -0.05) is 0 Å². The zero-order chi connectivity index (χ0) is 20.5. The van der Waals surface area contributed by atoms with Gasteiger partial charge in [0.05, 0.1) is 11.4 Å². The Balaban J connectivity index is 1.53. The predicted octanol–water partition coefficient (Wildman–Crippen LogP) is 4.73. The van der Waals surface area contributed by atoms with Crippen LogP contribution in [0.3, 0.4) is 0 Å². The minimum Gasteiger partial charge on any atom is -0.441 e. The topological polar surface area (TPSA) is 73.0 Å². The fourth-order valence-electron chi connectivity index (χ4n) is 3.19. The fourth-order valence-corrected chi connectivity index (χ4v) is 3.19. The van der Waals surface area contributed by atoms with Crippen LogP contribution in [0, 0.1) is 26.6 Å². The third-order valence-corrected chi connectivity index (χ3v) is 4.58. The average molecular weight is 390 g/mol. The summed E-state index contributed by atoms with van der Waals surface area (Å²) in [6.45, 7) is 5.55. The molecule has 2 aromatic heterocycles. The lowest BCUT2D eigenvalue weighted by atomic mass is 10.2. The zero-order valence-electron chi connectivity index (χ0n) is 16.2. The molecule has 0 saturated heterocycles. The highest BCUT2D eigenvalue weighted by Gasteiger charge is 2.11. The third-order valence-electron chi connectivity index (χ3n) is 4.58. The van der Waals surface area contributed by atoms with Gasteiger partial charge in [0.1, 0.15) is 11.3 Å². The molecular formula is C22H19FN4O2. The summed E-state index contributed by atoms with van der Waals surface area (Å²) in [5.41, 5.74) is 5.23. The molecule has 0 fully saturated rings. The van der Waals surface area contributed by atoms with Crippen LogP contribution in [-0.4, -0.2) is 20.7 Å². The first-order valence-electron chi connectivity index (χ1n) is 9.09. The van der Waals surface area contributed by atoms with Crippen molar-refractivity contribution < 1.29 is 13.6 Å². The van der Waals surface area contributed by atoms with E-state index in [1.807, 2.05) is 13.8 Å². The number of hydrogen-bond acceptors (Lipinski definition) is 4. The van der Waals surface area contributed by atoms with Crippen molar-refractivity contribution >= 4 is 28.8 Å². The lowest BCUT2D eigenvalue weighted by Crippen LogP contribution is -2.07. The first kappa shape index (κ1) is 18.6. The molecule has 0 aliphatic carbocycles. The van der Waals surface area contributed by atoms with Crippen LogP contribution in [0.4, 0.5) is 10.1 Å². The Hall–Kier alpha value is -3.74. The molecule has 0 unspecified atom stereocenters. The van der Waals surface area contributed by atoms with Gasteiger partial charge in [-0.25, -0.2) is 14.1 Å². The van der Waals surface area contributed by atoms with Crippen molar-refractivity contribution in [2.75, 3.05) is 5.32 Å². The molecule has 29 heavy (non-hydrogen) atoms. The normalized spacial score (nSPS) is 11.4. The summed E-state index contributed by atoms with van der Waals surface area (Å²) in [6, 6.07) is 11.4. The minimum atomic E-state index is -0.300. The van der Waals surface area contributed by atoms with Crippen molar-refractivity contribution in [3.63, 3.8) is 0 Å². The molecule has 0 aliphatic heterocycles. The van der Waals surface area contributed by atoms with Crippen LogP contribution in [0.2, 0.25) is 0 Å². The van der Waals surface area contributed by atoms with Crippen molar-refractivity contribution in [3.8, 4) is 5.69 Å². The predicted molar refractivity (Wildman–Crippen MR) is 109 cm³/mol. The van der Waals surface area contributed by atoms with Crippen LogP contribution in [0.5, 0.6) is 0 Å². The van der Waals surface area contributed by atoms with Gasteiger partial charge in [0.15, 0.2) is 11.5 Å². The van der Waals surface area contributed by atoms with E-state index in [0.717, 1.165) is 22.6 Å². The fraction of sp³-hybridized carbons (Fsp3) is 0.136. The van der Waals surface area contributed by atoms with E-state index in [1.54, 1.807) is 48.0 Å². The SMILES string of the molecule is Cc1nc2cc(NC(=O)/C=C/c3c(C)nn(-c4ccc(F)cc4)c3C)ccc2o1. The molecule has 0 radical (unpaired) electrons. The number of benzene rings is 2. The summed E-state index contributed by atoms with van der Waals surface area (Å²) in [5, 5.41) is 7.32. The summed E-state index contributed by atoms with van der Waals surface area (Å²) in [7, 11) is 0. The van der Waals surface area contributed by atoms with Crippen molar-refractivity contribution in [1.82, 2.24) is 14.8 Å². The molecule has 6 nitrogen and oxygen atoms in total. The highest BCUT2D eigenvalue weighted by atomic mass is 19.1. The molecule has 146 valence electrons. The zero-order valence-corrected chi connectivity index (χ0v) is 16.2. The smallest absolute Gasteiger partial charge is 0.248 e. The number of aryl methyl sites for hydroxylation is 2. The van der Waals surface area contributed by atoms with Crippen LogP contribution in [0.15, 0.2) is 53.0 Å². The molecule has 0 bridgehead atoms. The Morgan fingerprint density at radius 2 is 1.90 bits per heavy atom. The van der Waals surface area contributed by atoms with E-state index in [2.05, 4.69) is 15.4 Å². The highest BCUT2D eigenvalue weighted by Crippen LogP contribution is 2.21. The molecule has 2 heterocycles. The maximum absolute atomic E-state index is 13.2. The summed E-state index contributed by atoms with van der Waals surface area (Å²) in [4.78, 5) is 16.6. The van der Waals surface area contributed by atoms with Gasteiger partial charge in [-0.15, -0.1) is 0 Å². The molecular weight excluding hydrogens is 371 g/mol. The van der Waals surface area contributed by atoms with Crippen molar-refractivity contribution in [2.24, 2.45) is 0 Å². The first-order chi connectivity index (χ1) is 13.9. The molecule has 0 atom stereocenters. The Bertz CT molecular complexity index is 1240. The van der Waals surface area contributed by atoms with E-state index in [0.29, 0.717) is 22.7 Å². The van der Waals surface area contributed by atoms with E-state index in [9.17, 15) is 9.18 Å². The lowest BCUT2D eigenvalue weighted by Gasteiger charge is -2.04. The number of carbonyl (C=O) groups excluding carboxylic acids is 1. The van der Waals surface area contributed by atoms with Gasteiger partial charge in [-0.3, -0.25) is 4.79 Å². The van der Waals surface area contributed by atoms with Crippen LogP contribution in [0.25, 0.3) is 22.9 Å². The number of oxazole rings is 1. The Kier molecular flexibility index (Phi) is 4.72. The number of halogens is 1. The van der Waals surface area contributed by atoms with E-state index in [1.165, 1.54) is 18.2 Å². The molecule has 2 aromatic carbocycles. The Morgan fingerprint density at radius 3 is 2.66 bits per heavy atom. The quantitative estimate of drug-likeness (QED) is 0.511. The van der Waals surface area contributed by atoms with Crippen LogP contribution in [0.1, 0.15) is 22.8 Å². The van der Waals surface area contributed by atoms with Crippen molar-refractivity contribution in [1.29, 1.82) is 0 Å². The number of aromatic nitrogens is 3. The Morgan fingerprint density at radius 1 is 1.14 bits per heavy atom. The van der Waals surface area contributed by atoms with Gasteiger partial charge in [-0.2, -0.15) is 5.10 Å². The van der Waals surface area contributed by atoms with E-state index in [4.69, 9.17) is 4.42 Å². The molecule has 0 aliphatic rings. The number of hydrogen-bond donors (Lipinski definition) is 1. The van der Waals surface area contributed by atoms with Gasteiger partial charge in [0.25, 0.3) is 0 Å². The third kappa shape index (κ3) is 3.80. The second kappa shape index (κ2) is 7.35. The Labute approximate surface area is 166 Å². The number of rotatable bonds is 4. The number of anilines is 1. The second-order valence-electron chi connectivity index (χ2n) is 6.71. The average Bonchev–Trinajstić information content (AvgIpc) is 3.19. The van der Waals surface area contributed by atoms with Crippen LogP contribution >= 0.6 is 0 Å². The molecule has 0 spiro atoms. The van der Waals surface area contributed by atoms with E-state index < -0.39 is 0 Å². The summed E-state index contributed by atoms with van der Waals surface area (Å²) >= 11 is 0. The monoisotopic (exact) mass is 390 g/mol. The van der Waals surface area contributed by atoms with Crippen LogP contribution < -0.4 is 5.32 Å². The standard InChI is InChI=1S/C22H19FN4O2/c1-13-19(14(2)27(26-13)18-7-4-16(23)5-8-18)9-11-22(28)25-17-6-10-21-20(12-17)24-15(3)29-21/h4-12H,1-3H3,(H,25,28)/b11-9+. The number of nitrogens with one attached hydrogen (secondary N) is 1. The van der Waals surface area contributed by atoms with E-state index >= 15 is 0 Å². The number of nitrogens with zero attached hydrogens (tertiary/aromatic N) is 3. The molecule has 4 aromatic rings. The molecule has 4 rings (SSSR count). The maximum Gasteiger partial charge on any atom is 0.248 e. The summed E-state index contributed by atoms with van der Waals surface area (Å²) in [5.74, 6) is 0.0106. The molecule has 1 N–H and O–H groups in total. The summed E-state index contributed by atoms with van der Waals surface area (Å²) < 4.78 is 20.3. The van der Waals surface area contributed by atoms with Crippen molar-refractivity contribution in [2.45, 2.75) is 20.8 Å². The van der Waals surface area contributed by atoms with Gasteiger partial charge in [0, 0.05) is 29.9 Å². The van der Waals surface area contributed by atoms with E-state index in [-0.39, 0.29) is 11.7 Å². The van der Waals surface area contributed by atoms with Gasteiger partial charge >= 0.3 is 0 Å². The van der Waals surface area contributed by atoms with Crippen LogP contribution in [-0.2, 0) is 4.79 Å². The molecule has 7 heteroatoms. The van der Waals surface area contributed by atoms with Gasteiger partial charge in [-0.05, 0) is 62.4 Å². The minimum absolute atomic E-state index is 0.266. The highest BCUT2D eigenvalue weighted by molar-refractivity contribution is 6.02. The molecule has 0 saturated carbocycles. The maximum atomic E-state index is 13.2. The molecule has 1 amide bonds. The lowest BCUT2D eigenvalue weighted by molar-refractivity contribution is -0.111.